The van der Waals surface area contributed by atoms with Gasteiger partial charge >= 0.3 is 0 Å². The van der Waals surface area contributed by atoms with E-state index in [0.29, 0.717) is 5.75 Å². The number of rotatable bonds is 4. The largest absolute Gasteiger partial charge is 0.508 e. The fourth-order valence-electron chi connectivity index (χ4n) is 1.59. The predicted octanol–water partition coefficient (Wildman–Crippen LogP) is 2.18. The molecule has 1 heterocycles. The van der Waals surface area contributed by atoms with E-state index in [-0.39, 0.29) is 11.5 Å². The van der Waals surface area contributed by atoms with Gasteiger partial charge in [-0.2, -0.15) is 5.10 Å². The van der Waals surface area contributed by atoms with Crippen molar-refractivity contribution in [2.45, 2.75) is 27.0 Å². The molecular formula is C14H17N3O3. The van der Waals surface area contributed by atoms with Crippen molar-refractivity contribution < 1.29 is 14.6 Å². The number of ether oxygens (including phenoxy) is 1. The lowest BCUT2D eigenvalue weighted by atomic mass is 9.90. The van der Waals surface area contributed by atoms with E-state index in [1.54, 1.807) is 12.1 Å². The minimum atomic E-state index is -0.887. The maximum Gasteiger partial charge on any atom is 0.252 e. The van der Waals surface area contributed by atoms with Crippen molar-refractivity contribution in [3.05, 3.63) is 36.9 Å². The standard InChI is InChI=1S/C14H17N3O3/c1-14(2,3)12(19)13(17-9-15-8-16-17)20-11-6-4-10(18)5-7-11/h4-9,13,18H,1-3H3/t13-/m0/s1. The van der Waals surface area contributed by atoms with Crippen LogP contribution >= 0.6 is 0 Å². The smallest absolute Gasteiger partial charge is 0.252 e. The zero-order valence-electron chi connectivity index (χ0n) is 11.6. The molecule has 0 saturated carbocycles. The van der Waals surface area contributed by atoms with E-state index in [2.05, 4.69) is 10.1 Å². The van der Waals surface area contributed by atoms with E-state index in [0.717, 1.165) is 0 Å². The van der Waals surface area contributed by atoms with Crippen LogP contribution in [0.5, 0.6) is 11.5 Å². The van der Waals surface area contributed by atoms with E-state index >= 15 is 0 Å². The first-order chi connectivity index (χ1) is 9.38. The molecule has 0 amide bonds. The molecule has 2 rings (SSSR count). The van der Waals surface area contributed by atoms with Gasteiger partial charge in [0, 0.05) is 5.41 Å². The van der Waals surface area contributed by atoms with Crippen molar-refractivity contribution >= 4 is 5.78 Å². The van der Waals surface area contributed by atoms with Gasteiger partial charge in [0.15, 0.2) is 0 Å². The van der Waals surface area contributed by atoms with Crippen molar-refractivity contribution in [3.63, 3.8) is 0 Å². The average molecular weight is 275 g/mol. The molecule has 0 radical (unpaired) electrons. The Morgan fingerprint density at radius 1 is 1.30 bits per heavy atom. The molecule has 1 aromatic heterocycles. The first-order valence-electron chi connectivity index (χ1n) is 6.22. The number of ketones is 1. The van der Waals surface area contributed by atoms with E-state index in [1.165, 1.54) is 29.5 Å². The third-order valence-electron chi connectivity index (χ3n) is 2.72. The van der Waals surface area contributed by atoms with Crippen LogP contribution in [-0.4, -0.2) is 25.7 Å². The third-order valence-corrected chi connectivity index (χ3v) is 2.72. The Hall–Kier alpha value is -2.37. The molecule has 0 aliphatic carbocycles. The second-order valence-corrected chi connectivity index (χ2v) is 5.45. The maximum absolute atomic E-state index is 12.5. The molecular weight excluding hydrogens is 258 g/mol. The summed E-state index contributed by atoms with van der Waals surface area (Å²) >= 11 is 0. The van der Waals surface area contributed by atoms with E-state index in [9.17, 15) is 9.90 Å². The van der Waals surface area contributed by atoms with Gasteiger partial charge in [-0.3, -0.25) is 4.79 Å². The summed E-state index contributed by atoms with van der Waals surface area (Å²) in [6, 6.07) is 6.18. The van der Waals surface area contributed by atoms with E-state index < -0.39 is 11.6 Å². The summed E-state index contributed by atoms with van der Waals surface area (Å²) in [4.78, 5) is 16.3. The Morgan fingerprint density at radius 2 is 1.95 bits per heavy atom. The topological polar surface area (TPSA) is 77.2 Å². The van der Waals surface area contributed by atoms with Crippen LogP contribution in [0.25, 0.3) is 0 Å². The fraction of sp³-hybridized carbons (Fsp3) is 0.357. The average Bonchev–Trinajstić information content (AvgIpc) is 2.90. The molecule has 0 saturated heterocycles. The summed E-state index contributed by atoms with van der Waals surface area (Å²) < 4.78 is 7.08. The molecule has 1 N–H and O–H groups in total. The van der Waals surface area contributed by atoms with Gasteiger partial charge in [0.2, 0.25) is 5.78 Å². The van der Waals surface area contributed by atoms with Gasteiger partial charge in [-0.05, 0) is 24.3 Å². The number of carbonyl (C=O) groups excluding carboxylic acids is 1. The van der Waals surface area contributed by atoms with Crippen LogP contribution in [0, 0.1) is 5.41 Å². The van der Waals surface area contributed by atoms with E-state index in [1.807, 2.05) is 20.8 Å². The number of hydrogen-bond acceptors (Lipinski definition) is 5. The van der Waals surface area contributed by atoms with Crippen molar-refractivity contribution in [1.29, 1.82) is 0 Å². The van der Waals surface area contributed by atoms with Crippen LogP contribution < -0.4 is 4.74 Å². The number of aromatic nitrogens is 3. The summed E-state index contributed by atoms with van der Waals surface area (Å²) in [5, 5.41) is 13.2. The molecule has 20 heavy (non-hydrogen) atoms. The van der Waals surface area contributed by atoms with Crippen molar-refractivity contribution in [2.75, 3.05) is 0 Å². The summed E-state index contributed by atoms with van der Waals surface area (Å²) in [6.45, 7) is 5.46. The summed E-state index contributed by atoms with van der Waals surface area (Å²) in [7, 11) is 0. The minimum absolute atomic E-state index is 0.115. The van der Waals surface area contributed by atoms with Crippen LogP contribution in [0.1, 0.15) is 27.0 Å². The van der Waals surface area contributed by atoms with Crippen LogP contribution in [0.3, 0.4) is 0 Å². The first-order valence-corrected chi connectivity index (χ1v) is 6.22. The maximum atomic E-state index is 12.5. The monoisotopic (exact) mass is 275 g/mol. The van der Waals surface area contributed by atoms with Crippen LogP contribution in [0.4, 0.5) is 0 Å². The van der Waals surface area contributed by atoms with Crippen LogP contribution in [-0.2, 0) is 4.79 Å². The van der Waals surface area contributed by atoms with Crippen molar-refractivity contribution in [3.8, 4) is 11.5 Å². The van der Waals surface area contributed by atoms with Gasteiger partial charge in [0.05, 0.1) is 0 Å². The Morgan fingerprint density at radius 3 is 2.45 bits per heavy atom. The Kier molecular flexibility index (Phi) is 3.74. The van der Waals surface area contributed by atoms with Gasteiger partial charge in [0.25, 0.3) is 6.23 Å². The SMILES string of the molecule is CC(C)(C)C(=O)[C@H](Oc1ccc(O)cc1)n1cncn1. The second-order valence-electron chi connectivity index (χ2n) is 5.45. The normalized spacial score (nSPS) is 12.9. The Labute approximate surface area is 117 Å². The lowest BCUT2D eigenvalue weighted by molar-refractivity contribution is -0.138. The molecule has 0 bridgehead atoms. The lowest BCUT2D eigenvalue weighted by Crippen LogP contribution is -2.34. The Balaban J connectivity index is 2.28. The molecule has 0 unspecified atom stereocenters. The highest BCUT2D eigenvalue weighted by atomic mass is 16.5. The molecule has 1 atom stereocenters. The minimum Gasteiger partial charge on any atom is -0.508 e. The molecule has 106 valence electrons. The summed E-state index contributed by atoms with van der Waals surface area (Å²) in [5.74, 6) is 0.494. The summed E-state index contributed by atoms with van der Waals surface area (Å²) in [6.07, 6.45) is 1.90. The van der Waals surface area contributed by atoms with Crippen molar-refractivity contribution in [2.24, 2.45) is 5.41 Å². The second kappa shape index (κ2) is 5.32. The molecule has 2 aromatic rings. The zero-order chi connectivity index (χ0) is 14.8. The number of benzene rings is 1. The highest BCUT2D eigenvalue weighted by molar-refractivity contribution is 5.86. The molecule has 6 heteroatoms. The molecule has 6 nitrogen and oxygen atoms in total. The van der Waals surface area contributed by atoms with Gasteiger partial charge < -0.3 is 9.84 Å². The quantitative estimate of drug-likeness (QED) is 0.925. The van der Waals surface area contributed by atoms with Crippen LogP contribution in [0.15, 0.2) is 36.9 Å². The predicted molar refractivity (Wildman–Crippen MR) is 72.3 cm³/mol. The summed E-state index contributed by atoms with van der Waals surface area (Å²) in [5.41, 5.74) is -0.576. The lowest BCUT2D eigenvalue weighted by Gasteiger charge is -2.25. The fourth-order valence-corrected chi connectivity index (χ4v) is 1.59. The highest BCUT2D eigenvalue weighted by Gasteiger charge is 2.33. The highest BCUT2D eigenvalue weighted by Crippen LogP contribution is 2.26. The Bertz CT molecular complexity index is 571. The van der Waals surface area contributed by atoms with Crippen molar-refractivity contribution in [1.82, 2.24) is 14.8 Å². The molecule has 0 fully saturated rings. The molecule has 0 aliphatic heterocycles. The van der Waals surface area contributed by atoms with Crippen LogP contribution in [0.2, 0.25) is 0 Å². The molecule has 0 aliphatic rings. The van der Waals surface area contributed by atoms with Gasteiger partial charge in [0.1, 0.15) is 24.2 Å². The number of carbonyl (C=O) groups is 1. The van der Waals surface area contributed by atoms with Gasteiger partial charge in [-0.1, -0.05) is 20.8 Å². The molecule has 0 spiro atoms. The first kappa shape index (κ1) is 14.0. The van der Waals surface area contributed by atoms with E-state index in [4.69, 9.17) is 4.74 Å². The van der Waals surface area contributed by atoms with Gasteiger partial charge in [-0.15, -0.1) is 0 Å². The van der Waals surface area contributed by atoms with Gasteiger partial charge in [-0.25, -0.2) is 9.67 Å². The molecule has 1 aromatic carbocycles. The number of phenolic OH excluding ortho intramolecular Hbond substituents is 1. The third kappa shape index (κ3) is 3.14. The number of nitrogens with zero attached hydrogens (tertiary/aromatic N) is 3. The number of phenols is 1. The zero-order valence-corrected chi connectivity index (χ0v) is 11.6. The number of aromatic hydroxyl groups is 1. The number of Topliss-reactive ketones (excluding diaryl/α,β-unsaturated/α-hetero) is 1. The number of hydrogen-bond donors (Lipinski definition) is 1.